The van der Waals surface area contributed by atoms with Crippen molar-refractivity contribution in [3.8, 4) is 22.9 Å². The molecule has 0 aliphatic heterocycles. The van der Waals surface area contributed by atoms with Gasteiger partial charge in [-0.15, -0.1) is 11.3 Å². The highest BCUT2D eigenvalue weighted by molar-refractivity contribution is 7.98. The van der Waals surface area contributed by atoms with Crippen LogP contribution >= 0.6 is 23.1 Å². The molecule has 2 aromatic carbocycles. The second-order valence-electron chi connectivity index (χ2n) is 7.25. The second-order valence-corrected chi connectivity index (χ2v) is 9.23. The molecule has 172 valence electrons. The smallest absolute Gasteiger partial charge is 0.262 e. The summed E-state index contributed by atoms with van der Waals surface area (Å²) in [5.74, 6) is 2.45. The van der Waals surface area contributed by atoms with Crippen molar-refractivity contribution >= 4 is 34.0 Å². The molecule has 5 rings (SSSR count). The van der Waals surface area contributed by atoms with Gasteiger partial charge in [0, 0.05) is 10.4 Å². The van der Waals surface area contributed by atoms with E-state index < -0.39 is 0 Å². The van der Waals surface area contributed by atoms with Gasteiger partial charge in [0.2, 0.25) is 11.7 Å². The second kappa shape index (κ2) is 9.70. The summed E-state index contributed by atoms with van der Waals surface area (Å²) < 4.78 is 17.8. The van der Waals surface area contributed by atoms with Crippen molar-refractivity contribution < 1.29 is 14.0 Å². The molecule has 3 aromatic heterocycles. The molecule has 0 saturated carbocycles. The van der Waals surface area contributed by atoms with E-state index in [0.717, 1.165) is 10.4 Å². The van der Waals surface area contributed by atoms with E-state index in [2.05, 4.69) is 10.1 Å². The van der Waals surface area contributed by atoms with Crippen LogP contribution in [-0.2, 0) is 12.3 Å². The molecule has 0 bridgehead atoms. The predicted octanol–water partition coefficient (Wildman–Crippen LogP) is 4.87. The Hall–Kier alpha value is -3.63. The molecular weight excluding hydrogens is 472 g/mol. The Kier molecular flexibility index (Phi) is 6.33. The lowest BCUT2D eigenvalue weighted by atomic mass is 10.2. The van der Waals surface area contributed by atoms with Crippen molar-refractivity contribution in [1.82, 2.24) is 19.7 Å². The molecule has 0 fully saturated rings. The number of ether oxygens (including phenoxy) is 2. The first-order valence-electron chi connectivity index (χ1n) is 10.4. The first-order chi connectivity index (χ1) is 16.7. The van der Waals surface area contributed by atoms with Crippen LogP contribution in [0.15, 0.2) is 74.5 Å². The average Bonchev–Trinajstić information content (AvgIpc) is 3.56. The van der Waals surface area contributed by atoms with Crippen LogP contribution < -0.4 is 15.0 Å². The summed E-state index contributed by atoms with van der Waals surface area (Å²) in [6.07, 6.45) is 0. The summed E-state index contributed by atoms with van der Waals surface area (Å²) in [6, 6.07) is 16.8. The van der Waals surface area contributed by atoms with Crippen LogP contribution in [0.2, 0.25) is 0 Å². The van der Waals surface area contributed by atoms with Gasteiger partial charge in [-0.3, -0.25) is 9.36 Å². The standard InChI is InChI=1S/C24H20N4O4S2/c1-30-19-10-9-15(12-20(19)31-2)22-26-21(32-27-22)14-34-24-25-18-8-4-3-7-17(18)23(29)28(24)13-16-6-5-11-33-16/h3-12H,13-14H2,1-2H3. The first-order valence-corrected chi connectivity index (χ1v) is 12.2. The van der Waals surface area contributed by atoms with Crippen LogP contribution in [0.4, 0.5) is 0 Å². The van der Waals surface area contributed by atoms with Crippen molar-refractivity contribution in [3.63, 3.8) is 0 Å². The molecule has 0 saturated heterocycles. The zero-order chi connectivity index (χ0) is 23.5. The Morgan fingerprint density at radius 1 is 1.03 bits per heavy atom. The Morgan fingerprint density at radius 2 is 1.88 bits per heavy atom. The maximum Gasteiger partial charge on any atom is 0.262 e. The van der Waals surface area contributed by atoms with Gasteiger partial charge < -0.3 is 14.0 Å². The SMILES string of the molecule is COc1ccc(-c2noc(CSc3nc4ccccc4c(=O)n3Cc3cccs3)n2)cc1OC. The fourth-order valence-electron chi connectivity index (χ4n) is 3.49. The third kappa shape index (κ3) is 4.42. The van der Waals surface area contributed by atoms with Gasteiger partial charge in [0.25, 0.3) is 5.56 Å². The number of thioether (sulfide) groups is 1. The Morgan fingerprint density at radius 3 is 2.68 bits per heavy atom. The quantitative estimate of drug-likeness (QED) is 0.224. The Balaban J connectivity index is 1.42. The summed E-state index contributed by atoms with van der Waals surface area (Å²) in [5.41, 5.74) is 1.34. The molecule has 0 spiro atoms. The molecule has 0 atom stereocenters. The Labute approximate surface area is 203 Å². The fraction of sp³-hybridized carbons (Fsp3) is 0.167. The Bertz CT molecular complexity index is 1490. The van der Waals surface area contributed by atoms with Gasteiger partial charge in [-0.1, -0.05) is 35.1 Å². The zero-order valence-corrected chi connectivity index (χ0v) is 20.1. The molecule has 0 aliphatic rings. The van der Waals surface area contributed by atoms with Gasteiger partial charge >= 0.3 is 0 Å². The minimum absolute atomic E-state index is 0.0713. The van der Waals surface area contributed by atoms with Crippen LogP contribution in [-0.4, -0.2) is 33.9 Å². The van der Waals surface area contributed by atoms with Crippen LogP contribution in [0, 0.1) is 0 Å². The number of benzene rings is 2. The van der Waals surface area contributed by atoms with E-state index in [0.29, 0.717) is 51.6 Å². The van der Waals surface area contributed by atoms with Crippen molar-refractivity contribution in [2.24, 2.45) is 0 Å². The zero-order valence-electron chi connectivity index (χ0n) is 18.4. The van der Waals surface area contributed by atoms with Crippen LogP contribution in [0.25, 0.3) is 22.3 Å². The largest absolute Gasteiger partial charge is 0.493 e. The van der Waals surface area contributed by atoms with Crippen molar-refractivity contribution in [1.29, 1.82) is 0 Å². The topological polar surface area (TPSA) is 92.3 Å². The molecular formula is C24H20N4O4S2. The van der Waals surface area contributed by atoms with Gasteiger partial charge in [-0.2, -0.15) is 4.98 Å². The maximum absolute atomic E-state index is 13.2. The maximum atomic E-state index is 13.2. The van der Waals surface area contributed by atoms with Gasteiger partial charge in [-0.05, 0) is 41.8 Å². The molecule has 0 aliphatic carbocycles. The number of nitrogens with zero attached hydrogens (tertiary/aromatic N) is 4. The van der Waals surface area contributed by atoms with Crippen LogP contribution in [0.5, 0.6) is 11.5 Å². The normalized spacial score (nSPS) is 11.1. The number of thiophene rings is 1. The van der Waals surface area contributed by atoms with Crippen molar-refractivity contribution in [3.05, 3.63) is 81.1 Å². The van der Waals surface area contributed by atoms with Crippen LogP contribution in [0.3, 0.4) is 0 Å². The lowest BCUT2D eigenvalue weighted by Gasteiger charge is -2.11. The number of hydrogen-bond acceptors (Lipinski definition) is 9. The summed E-state index contributed by atoms with van der Waals surface area (Å²) >= 11 is 2.99. The van der Waals surface area contributed by atoms with E-state index >= 15 is 0 Å². The molecule has 0 N–H and O–H groups in total. The monoisotopic (exact) mass is 492 g/mol. The van der Waals surface area contributed by atoms with Crippen molar-refractivity contribution in [2.75, 3.05) is 14.2 Å². The summed E-state index contributed by atoms with van der Waals surface area (Å²) in [5, 5.41) is 7.29. The highest BCUT2D eigenvalue weighted by atomic mass is 32.2. The lowest BCUT2D eigenvalue weighted by molar-refractivity contribution is 0.355. The molecule has 3 heterocycles. The van der Waals surface area contributed by atoms with Crippen LogP contribution in [0.1, 0.15) is 10.8 Å². The molecule has 0 amide bonds. The van der Waals surface area contributed by atoms with E-state index in [1.807, 2.05) is 41.8 Å². The molecule has 0 radical (unpaired) electrons. The third-order valence-electron chi connectivity index (χ3n) is 5.16. The molecule has 34 heavy (non-hydrogen) atoms. The van der Waals surface area contributed by atoms with Gasteiger partial charge in [0.05, 0.1) is 37.4 Å². The van der Waals surface area contributed by atoms with E-state index in [1.165, 1.54) is 11.8 Å². The lowest BCUT2D eigenvalue weighted by Crippen LogP contribution is -2.23. The fourth-order valence-corrected chi connectivity index (χ4v) is 5.02. The molecule has 8 nitrogen and oxygen atoms in total. The molecule has 10 heteroatoms. The van der Waals surface area contributed by atoms with E-state index in [9.17, 15) is 4.79 Å². The third-order valence-corrected chi connectivity index (χ3v) is 6.98. The summed E-state index contributed by atoms with van der Waals surface area (Å²) in [6.45, 7) is 0.456. The van der Waals surface area contributed by atoms with E-state index in [-0.39, 0.29) is 5.56 Å². The minimum atomic E-state index is -0.0713. The number of methoxy groups -OCH3 is 2. The molecule has 0 unspecified atom stereocenters. The first kappa shape index (κ1) is 22.2. The van der Waals surface area contributed by atoms with E-state index in [4.69, 9.17) is 19.0 Å². The van der Waals surface area contributed by atoms with Gasteiger partial charge in [0.15, 0.2) is 16.7 Å². The number of hydrogen-bond donors (Lipinski definition) is 0. The average molecular weight is 493 g/mol. The summed E-state index contributed by atoms with van der Waals surface area (Å²) in [4.78, 5) is 23.6. The number of fused-ring (bicyclic) bond motifs is 1. The predicted molar refractivity (Wildman–Crippen MR) is 132 cm³/mol. The molecule has 5 aromatic rings. The summed E-state index contributed by atoms with van der Waals surface area (Å²) in [7, 11) is 3.16. The van der Waals surface area contributed by atoms with Gasteiger partial charge in [0.1, 0.15) is 0 Å². The highest BCUT2D eigenvalue weighted by Crippen LogP contribution is 2.31. The number of rotatable bonds is 8. The van der Waals surface area contributed by atoms with E-state index in [1.54, 1.807) is 48.3 Å². The number of aromatic nitrogens is 4. The van der Waals surface area contributed by atoms with Crippen molar-refractivity contribution in [2.45, 2.75) is 17.5 Å². The number of para-hydroxylation sites is 1. The van der Waals surface area contributed by atoms with Gasteiger partial charge in [-0.25, -0.2) is 4.98 Å². The highest BCUT2D eigenvalue weighted by Gasteiger charge is 2.16. The minimum Gasteiger partial charge on any atom is -0.493 e.